The first-order valence-electron chi connectivity index (χ1n) is 7.58. The molecule has 1 heterocycles. The van der Waals surface area contributed by atoms with Gasteiger partial charge in [0, 0.05) is 20.7 Å². The number of aromatic nitrogens is 1. The number of fused-ring (bicyclic) bond motifs is 1. The topological polar surface area (TPSA) is 42.0 Å². The molecule has 3 aromatic rings. The average Bonchev–Trinajstić information content (AvgIpc) is 2.94. The summed E-state index contributed by atoms with van der Waals surface area (Å²) in [5.41, 5.74) is 2.39. The lowest BCUT2D eigenvalue weighted by atomic mass is 10.2. The molecule has 3 rings (SSSR count). The minimum atomic E-state index is -0.154. The summed E-state index contributed by atoms with van der Waals surface area (Å²) in [5, 5.41) is 4.66. The van der Waals surface area contributed by atoms with Gasteiger partial charge in [-0.1, -0.05) is 36.8 Å². The zero-order chi connectivity index (χ0) is 17.3. The number of benzene rings is 2. The molecule has 0 saturated heterocycles. The second kappa shape index (κ2) is 7.13. The van der Waals surface area contributed by atoms with E-state index in [1.165, 1.54) is 11.3 Å². The minimum absolute atomic E-state index is 0.154. The first kappa shape index (κ1) is 17.3. The summed E-state index contributed by atoms with van der Waals surface area (Å²) >= 11 is 9.35. The monoisotopic (exact) mass is 376 g/mol. The van der Waals surface area contributed by atoms with E-state index in [1.54, 1.807) is 11.8 Å². The molecule has 0 radical (unpaired) electrons. The molecule has 0 saturated carbocycles. The third-order valence-electron chi connectivity index (χ3n) is 3.46. The minimum Gasteiger partial charge on any atom is -0.298 e. The molecule has 0 unspecified atom stereocenters. The van der Waals surface area contributed by atoms with Gasteiger partial charge in [-0.25, -0.2) is 4.98 Å². The molecule has 24 heavy (non-hydrogen) atoms. The standard InChI is InChI=1S/C18H17ClN2OS2/c1-10(2)23-13-6-4-12(5-7-13)17(22)21-18-20-16-11(3)14(19)8-9-15(16)24-18/h4-10H,1-3H3,(H,20,21,22). The quantitative estimate of drug-likeness (QED) is 0.567. The largest absolute Gasteiger partial charge is 0.298 e. The van der Waals surface area contributed by atoms with E-state index in [1.807, 2.05) is 43.3 Å². The van der Waals surface area contributed by atoms with Crippen molar-refractivity contribution in [1.82, 2.24) is 4.98 Å². The summed E-state index contributed by atoms with van der Waals surface area (Å²) in [7, 11) is 0. The molecule has 0 aliphatic heterocycles. The first-order chi connectivity index (χ1) is 11.4. The van der Waals surface area contributed by atoms with E-state index < -0.39 is 0 Å². The number of thiazole rings is 1. The predicted octanol–water partition coefficient (Wildman–Crippen LogP) is 6.01. The molecule has 124 valence electrons. The van der Waals surface area contributed by atoms with Crippen molar-refractivity contribution >= 4 is 56.0 Å². The molecular formula is C18H17ClN2OS2. The van der Waals surface area contributed by atoms with Crippen LogP contribution in [0.25, 0.3) is 10.2 Å². The van der Waals surface area contributed by atoms with Crippen LogP contribution in [0.4, 0.5) is 5.13 Å². The van der Waals surface area contributed by atoms with Gasteiger partial charge in [0.1, 0.15) is 0 Å². The number of rotatable bonds is 4. The fourth-order valence-corrected chi connectivity index (χ4v) is 4.19. The van der Waals surface area contributed by atoms with Crippen LogP contribution in [0, 0.1) is 6.92 Å². The van der Waals surface area contributed by atoms with Crippen molar-refractivity contribution in [1.29, 1.82) is 0 Å². The Morgan fingerprint density at radius 3 is 2.58 bits per heavy atom. The number of carbonyl (C=O) groups excluding carboxylic acids is 1. The highest BCUT2D eigenvalue weighted by atomic mass is 35.5. The van der Waals surface area contributed by atoms with Crippen molar-refractivity contribution in [3.8, 4) is 0 Å². The van der Waals surface area contributed by atoms with E-state index in [4.69, 9.17) is 11.6 Å². The lowest BCUT2D eigenvalue weighted by Gasteiger charge is -2.06. The van der Waals surface area contributed by atoms with E-state index in [9.17, 15) is 4.79 Å². The Hall–Kier alpha value is -1.56. The highest BCUT2D eigenvalue weighted by Crippen LogP contribution is 2.32. The van der Waals surface area contributed by atoms with Crippen molar-refractivity contribution in [3.63, 3.8) is 0 Å². The second-order valence-electron chi connectivity index (χ2n) is 5.68. The van der Waals surface area contributed by atoms with Crippen LogP contribution in [-0.2, 0) is 0 Å². The number of hydrogen-bond donors (Lipinski definition) is 1. The van der Waals surface area contributed by atoms with Crippen LogP contribution >= 0.6 is 34.7 Å². The Morgan fingerprint density at radius 2 is 1.92 bits per heavy atom. The molecule has 0 aliphatic rings. The third kappa shape index (κ3) is 3.74. The van der Waals surface area contributed by atoms with E-state index in [0.717, 1.165) is 20.7 Å². The SMILES string of the molecule is Cc1c(Cl)ccc2sc(NC(=O)c3ccc(SC(C)C)cc3)nc12. The maximum absolute atomic E-state index is 12.4. The van der Waals surface area contributed by atoms with Gasteiger partial charge in [0.25, 0.3) is 5.91 Å². The van der Waals surface area contributed by atoms with Crippen LogP contribution in [0.2, 0.25) is 5.02 Å². The van der Waals surface area contributed by atoms with E-state index in [2.05, 4.69) is 24.1 Å². The lowest BCUT2D eigenvalue weighted by molar-refractivity contribution is 0.102. The lowest BCUT2D eigenvalue weighted by Crippen LogP contribution is -2.11. The summed E-state index contributed by atoms with van der Waals surface area (Å²) in [6.07, 6.45) is 0. The van der Waals surface area contributed by atoms with Crippen molar-refractivity contribution in [3.05, 3.63) is 52.5 Å². The van der Waals surface area contributed by atoms with Gasteiger partial charge >= 0.3 is 0 Å². The third-order valence-corrected chi connectivity index (χ3v) is 5.82. The zero-order valence-corrected chi connectivity index (χ0v) is 16.0. The molecular weight excluding hydrogens is 360 g/mol. The molecule has 2 aromatic carbocycles. The van der Waals surface area contributed by atoms with Gasteiger partial charge in [-0.05, 0) is 48.9 Å². The van der Waals surface area contributed by atoms with Gasteiger partial charge < -0.3 is 0 Å². The fraction of sp³-hybridized carbons (Fsp3) is 0.222. The number of halogens is 1. The molecule has 3 nitrogen and oxygen atoms in total. The Morgan fingerprint density at radius 1 is 1.21 bits per heavy atom. The molecule has 0 spiro atoms. The summed E-state index contributed by atoms with van der Waals surface area (Å²) in [6, 6.07) is 11.4. The molecule has 1 aromatic heterocycles. The van der Waals surface area contributed by atoms with Crippen LogP contribution < -0.4 is 5.32 Å². The molecule has 1 amide bonds. The number of aryl methyl sites for hydroxylation is 1. The maximum Gasteiger partial charge on any atom is 0.257 e. The second-order valence-corrected chi connectivity index (χ2v) is 8.77. The normalized spacial score (nSPS) is 11.2. The zero-order valence-electron chi connectivity index (χ0n) is 13.6. The summed E-state index contributed by atoms with van der Waals surface area (Å²) in [5.74, 6) is -0.154. The number of carbonyl (C=O) groups is 1. The molecule has 0 bridgehead atoms. The van der Waals surface area contributed by atoms with E-state index >= 15 is 0 Å². The molecule has 0 fully saturated rings. The summed E-state index contributed by atoms with van der Waals surface area (Å²) in [6.45, 7) is 6.22. The van der Waals surface area contributed by atoms with Crippen molar-refractivity contribution in [2.75, 3.05) is 5.32 Å². The number of thioether (sulfide) groups is 1. The van der Waals surface area contributed by atoms with Crippen LogP contribution in [0.3, 0.4) is 0 Å². The van der Waals surface area contributed by atoms with Gasteiger partial charge in [-0.3, -0.25) is 10.1 Å². The van der Waals surface area contributed by atoms with Crippen LogP contribution in [-0.4, -0.2) is 16.1 Å². The van der Waals surface area contributed by atoms with Crippen LogP contribution in [0.1, 0.15) is 29.8 Å². The summed E-state index contributed by atoms with van der Waals surface area (Å²) < 4.78 is 1.01. The average molecular weight is 377 g/mol. The van der Waals surface area contributed by atoms with Crippen LogP contribution in [0.15, 0.2) is 41.3 Å². The number of amides is 1. The Bertz CT molecular complexity index is 888. The summed E-state index contributed by atoms with van der Waals surface area (Å²) in [4.78, 5) is 18.1. The highest BCUT2D eigenvalue weighted by Gasteiger charge is 2.12. The van der Waals surface area contributed by atoms with Gasteiger partial charge in [-0.15, -0.1) is 11.8 Å². The van der Waals surface area contributed by atoms with Crippen molar-refractivity contribution < 1.29 is 4.79 Å². The van der Waals surface area contributed by atoms with Gasteiger partial charge in [0.15, 0.2) is 5.13 Å². The van der Waals surface area contributed by atoms with Crippen LogP contribution in [0.5, 0.6) is 0 Å². The Balaban J connectivity index is 1.78. The Kier molecular flexibility index (Phi) is 5.13. The van der Waals surface area contributed by atoms with Gasteiger partial charge in [-0.2, -0.15) is 0 Å². The first-order valence-corrected chi connectivity index (χ1v) is 9.65. The molecule has 6 heteroatoms. The van der Waals surface area contributed by atoms with Crippen molar-refractivity contribution in [2.45, 2.75) is 30.9 Å². The molecule has 1 N–H and O–H groups in total. The molecule has 0 aliphatic carbocycles. The smallest absolute Gasteiger partial charge is 0.257 e. The number of nitrogens with zero attached hydrogens (tertiary/aromatic N) is 1. The highest BCUT2D eigenvalue weighted by molar-refractivity contribution is 7.99. The Labute approximate surface area is 154 Å². The van der Waals surface area contributed by atoms with Gasteiger partial charge in [0.2, 0.25) is 0 Å². The number of hydrogen-bond acceptors (Lipinski definition) is 4. The van der Waals surface area contributed by atoms with E-state index in [-0.39, 0.29) is 5.91 Å². The molecule has 0 atom stereocenters. The fourth-order valence-electron chi connectivity index (χ4n) is 2.28. The number of anilines is 1. The van der Waals surface area contributed by atoms with Gasteiger partial charge in [0.05, 0.1) is 10.2 Å². The van der Waals surface area contributed by atoms with Crippen molar-refractivity contribution in [2.24, 2.45) is 0 Å². The number of nitrogens with one attached hydrogen (secondary N) is 1. The van der Waals surface area contributed by atoms with E-state index in [0.29, 0.717) is 21.0 Å². The maximum atomic E-state index is 12.4. The predicted molar refractivity (Wildman–Crippen MR) is 105 cm³/mol.